The molecule has 0 aromatic carbocycles. The van der Waals surface area contributed by atoms with E-state index in [1.165, 1.54) is 0 Å². The molecule has 1 heterocycles. The molecule has 2 atom stereocenters. The summed E-state index contributed by atoms with van der Waals surface area (Å²) in [5, 5.41) is 13.5. The summed E-state index contributed by atoms with van der Waals surface area (Å²) >= 11 is 0. The van der Waals surface area contributed by atoms with Gasteiger partial charge in [0.25, 0.3) is 0 Å². The van der Waals surface area contributed by atoms with Crippen molar-refractivity contribution in [3.8, 4) is 6.07 Å². The van der Waals surface area contributed by atoms with Gasteiger partial charge >= 0.3 is 0 Å². The van der Waals surface area contributed by atoms with Gasteiger partial charge in [0.2, 0.25) is 17.7 Å². The van der Waals surface area contributed by atoms with E-state index in [2.05, 4.69) is 10.6 Å². The first-order chi connectivity index (χ1) is 7.95. The van der Waals surface area contributed by atoms with Crippen LogP contribution in [-0.2, 0) is 14.4 Å². The lowest BCUT2D eigenvalue weighted by atomic mass is 9.95. The number of rotatable bonds is 3. The number of nitriles is 1. The van der Waals surface area contributed by atoms with Crippen LogP contribution in [0.1, 0.15) is 26.7 Å². The summed E-state index contributed by atoms with van der Waals surface area (Å²) in [7, 11) is 0. The van der Waals surface area contributed by atoms with Gasteiger partial charge in [0.05, 0.1) is 6.07 Å². The van der Waals surface area contributed by atoms with Crippen LogP contribution in [0.25, 0.3) is 0 Å². The standard InChI is InChI=1S/C11H15N3O3/c1-6(2)7(5-12)10(16)13-8-3-4-9(15)14-11(8)17/h6-8H,3-4H2,1-2H3,(H,13,16)(H,14,15,17). The molecule has 6 nitrogen and oxygen atoms in total. The van der Waals surface area contributed by atoms with E-state index >= 15 is 0 Å². The zero-order chi connectivity index (χ0) is 13.0. The van der Waals surface area contributed by atoms with E-state index in [0.29, 0.717) is 0 Å². The highest BCUT2D eigenvalue weighted by atomic mass is 16.2. The lowest BCUT2D eigenvalue weighted by Crippen LogP contribution is -2.53. The van der Waals surface area contributed by atoms with Crippen LogP contribution in [0, 0.1) is 23.2 Å². The molecule has 0 aromatic heterocycles. The highest BCUT2D eigenvalue weighted by Crippen LogP contribution is 2.11. The summed E-state index contributed by atoms with van der Waals surface area (Å²) in [5.41, 5.74) is 0. The van der Waals surface area contributed by atoms with Gasteiger partial charge in [-0.25, -0.2) is 0 Å². The van der Waals surface area contributed by atoms with E-state index in [9.17, 15) is 14.4 Å². The second-order valence-corrected chi connectivity index (χ2v) is 4.36. The van der Waals surface area contributed by atoms with Crippen molar-refractivity contribution in [3.05, 3.63) is 0 Å². The van der Waals surface area contributed by atoms with Crippen molar-refractivity contribution < 1.29 is 14.4 Å². The normalized spacial score (nSPS) is 21.6. The van der Waals surface area contributed by atoms with E-state index in [4.69, 9.17) is 5.26 Å². The molecule has 0 aliphatic carbocycles. The average molecular weight is 237 g/mol. The van der Waals surface area contributed by atoms with E-state index in [0.717, 1.165) is 0 Å². The summed E-state index contributed by atoms with van der Waals surface area (Å²) in [6.07, 6.45) is 0.488. The molecule has 3 amide bonds. The topological polar surface area (TPSA) is 99.1 Å². The van der Waals surface area contributed by atoms with Crippen molar-refractivity contribution in [2.45, 2.75) is 32.7 Å². The molecule has 2 N–H and O–H groups in total. The third kappa shape index (κ3) is 3.28. The molecule has 0 aromatic rings. The molecule has 2 unspecified atom stereocenters. The molecule has 0 spiro atoms. The second kappa shape index (κ2) is 5.43. The van der Waals surface area contributed by atoms with Gasteiger partial charge in [0.1, 0.15) is 12.0 Å². The van der Waals surface area contributed by atoms with Crippen molar-refractivity contribution >= 4 is 17.7 Å². The molecular formula is C11H15N3O3. The molecule has 0 bridgehead atoms. The largest absolute Gasteiger partial charge is 0.343 e. The molecular weight excluding hydrogens is 222 g/mol. The first-order valence-corrected chi connectivity index (χ1v) is 5.49. The monoisotopic (exact) mass is 237 g/mol. The second-order valence-electron chi connectivity index (χ2n) is 4.36. The molecule has 92 valence electrons. The minimum absolute atomic E-state index is 0.117. The Hall–Kier alpha value is -1.90. The van der Waals surface area contributed by atoms with Crippen LogP contribution in [0.3, 0.4) is 0 Å². The molecule has 0 radical (unpaired) electrons. The van der Waals surface area contributed by atoms with Gasteiger partial charge in [-0.3, -0.25) is 19.7 Å². The Labute approximate surface area is 99.4 Å². The number of nitrogens with zero attached hydrogens (tertiary/aromatic N) is 1. The molecule has 1 fully saturated rings. The Morgan fingerprint density at radius 3 is 2.65 bits per heavy atom. The number of hydrogen-bond donors (Lipinski definition) is 2. The smallest absolute Gasteiger partial charge is 0.249 e. The number of carbonyl (C=O) groups is 3. The zero-order valence-corrected chi connectivity index (χ0v) is 9.82. The van der Waals surface area contributed by atoms with Crippen LogP contribution in [0.5, 0.6) is 0 Å². The van der Waals surface area contributed by atoms with E-state index < -0.39 is 23.8 Å². The molecule has 0 saturated carbocycles. The lowest BCUT2D eigenvalue weighted by Gasteiger charge is -2.23. The van der Waals surface area contributed by atoms with Crippen molar-refractivity contribution in [2.75, 3.05) is 0 Å². The molecule has 1 aliphatic heterocycles. The van der Waals surface area contributed by atoms with Crippen LogP contribution >= 0.6 is 0 Å². The fraction of sp³-hybridized carbons (Fsp3) is 0.636. The van der Waals surface area contributed by atoms with Crippen LogP contribution in [-0.4, -0.2) is 23.8 Å². The molecule has 6 heteroatoms. The van der Waals surface area contributed by atoms with Crippen LogP contribution in [0.15, 0.2) is 0 Å². The minimum atomic E-state index is -0.777. The maximum Gasteiger partial charge on any atom is 0.249 e. The third-order valence-corrected chi connectivity index (χ3v) is 2.64. The summed E-state index contributed by atoms with van der Waals surface area (Å²) in [6.45, 7) is 3.52. The minimum Gasteiger partial charge on any atom is -0.343 e. The summed E-state index contributed by atoms with van der Waals surface area (Å²) in [4.78, 5) is 34.0. The number of carbonyl (C=O) groups excluding carboxylic acids is 3. The zero-order valence-electron chi connectivity index (χ0n) is 9.82. The van der Waals surface area contributed by atoms with Crippen molar-refractivity contribution in [2.24, 2.45) is 11.8 Å². The highest BCUT2D eigenvalue weighted by Gasteiger charge is 2.30. The number of piperidine rings is 1. The Morgan fingerprint density at radius 1 is 1.53 bits per heavy atom. The molecule has 17 heavy (non-hydrogen) atoms. The van der Waals surface area contributed by atoms with Gasteiger partial charge in [-0.05, 0) is 12.3 Å². The maximum absolute atomic E-state index is 11.7. The molecule has 1 aliphatic rings. The SMILES string of the molecule is CC(C)C(C#N)C(=O)NC1CCC(=O)NC1=O. The molecule has 1 rings (SSSR count). The van der Waals surface area contributed by atoms with Gasteiger partial charge in [0, 0.05) is 6.42 Å². The summed E-state index contributed by atoms with van der Waals surface area (Å²) in [6, 6.07) is 1.19. The quantitative estimate of drug-likeness (QED) is 0.658. The van der Waals surface area contributed by atoms with E-state index in [1.807, 2.05) is 6.07 Å². The van der Waals surface area contributed by atoms with Crippen molar-refractivity contribution in [1.29, 1.82) is 5.26 Å². The lowest BCUT2D eigenvalue weighted by molar-refractivity contribution is -0.138. The predicted octanol–water partition coefficient (Wildman–Crippen LogP) is -0.296. The first kappa shape index (κ1) is 13.2. The average Bonchev–Trinajstić information content (AvgIpc) is 2.22. The number of imide groups is 1. The van der Waals surface area contributed by atoms with Crippen LogP contribution < -0.4 is 10.6 Å². The van der Waals surface area contributed by atoms with E-state index in [1.54, 1.807) is 13.8 Å². The summed E-state index contributed by atoms with van der Waals surface area (Å²) < 4.78 is 0. The Morgan fingerprint density at radius 2 is 2.18 bits per heavy atom. The number of hydrogen-bond acceptors (Lipinski definition) is 4. The highest BCUT2D eigenvalue weighted by molar-refractivity contribution is 6.01. The maximum atomic E-state index is 11.7. The Balaban J connectivity index is 2.60. The fourth-order valence-electron chi connectivity index (χ4n) is 1.60. The number of nitrogens with one attached hydrogen (secondary N) is 2. The Kier molecular flexibility index (Phi) is 4.21. The summed E-state index contributed by atoms with van der Waals surface area (Å²) in [5.74, 6) is -2.19. The van der Waals surface area contributed by atoms with Crippen molar-refractivity contribution in [3.63, 3.8) is 0 Å². The predicted molar refractivity (Wildman–Crippen MR) is 58.3 cm³/mol. The third-order valence-electron chi connectivity index (χ3n) is 2.64. The first-order valence-electron chi connectivity index (χ1n) is 5.49. The van der Waals surface area contributed by atoms with Gasteiger partial charge in [-0.1, -0.05) is 13.8 Å². The van der Waals surface area contributed by atoms with Crippen LogP contribution in [0.2, 0.25) is 0 Å². The molecule has 1 saturated heterocycles. The van der Waals surface area contributed by atoms with Crippen molar-refractivity contribution in [1.82, 2.24) is 10.6 Å². The van der Waals surface area contributed by atoms with Gasteiger partial charge in [-0.2, -0.15) is 5.26 Å². The Bertz CT molecular complexity index is 384. The van der Waals surface area contributed by atoms with Gasteiger partial charge < -0.3 is 5.32 Å². The van der Waals surface area contributed by atoms with Gasteiger partial charge in [-0.15, -0.1) is 0 Å². The number of amides is 3. The van der Waals surface area contributed by atoms with Crippen LogP contribution in [0.4, 0.5) is 0 Å². The van der Waals surface area contributed by atoms with E-state index in [-0.39, 0.29) is 24.7 Å². The fourth-order valence-corrected chi connectivity index (χ4v) is 1.60. The van der Waals surface area contributed by atoms with Gasteiger partial charge in [0.15, 0.2) is 0 Å².